The lowest BCUT2D eigenvalue weighted by Crippen LogP contribution is -2.58. The maximum atomic E-state index is 13.6. The number of aromatic nitrogens is 2. The van der Waals surface area contributed by atoms with Crippen molar-refractivity contribution >= 4 is 11.0 Å². The van der Waals surface area contributed by atoms with Crippen molar-refractivity contribution in [3.05, 3.63) is 29.6 Å². The van der Waals surface area contributed by atoms with Crippen molar-refractivity contribution in [1.29, 1.82) is 0 Å². The van der Waals surface area contributed by atoms with Crippen LogP contribution in [0.25, 0.3) is 11.0 Å². The minimum Gasteiger partial charge on any atom is -0.393 e. The number of fused-ring (bicyclic) bond motifs is 6. The minimum atomic E-state index is -0.857. The summed E-state index contributed by atoms with van der Waals surface area (Å²) in [4.78, 5) is 7.70. The molecule has 1 heterocycles. The third-order valence-electron chi connectivity index (χ3n) is 11.8. The van der Waals surface area contributed by atoms with Gasteiger partial charge in [0, 0.05) is 18.6 Å². The summed E-state index contributed by atoms with van der Waals surface area (Å²) in [5.74, 6) is 2.21. The zero-order valence-electron chi connectivity index (χ0n) is 21.9. The van der Waals surface area contributed by atoms with E-state index in [1.54, 1.807) is 0 Å². The molecule has 4 saturated carbocycles. The number of nitrogens with one attached hydrogen (secondary N) is 1. The molecule has 198 valence electrons. The smallest absolute Gasteiger partial charge is 0.161 e. The molecule has 4 fully saturated rings. The standard InChI is InChI=1S/C30H42F2N2O2/c1-16(4-7-27-33-24-14-22(31)23(32)15-25(24)34-27)19-5-6-20-28-21(9-11-30(19,20)3)29(2)10-8-18(35)12-17(29)13-26(28)36/h14-21,26,28,35-36H,4-13H2,1-3H3,(H,33,34)/t16?,17-,18+,19+,20-,21-,26-,28-,29-,30+/m0/s1. The molecule has 1 aromatic carbocycles. The fourth-order valence-electron chi connectivity index (χ4n) is 9.92. The Morgan fingerprint density at radius 1 is 1.00 bits per heavy atom. The highest BCUT2D eigenvalue weighted by Gasteiger charge is 2.62. The van der Waals surface area contributed by atoms with Crippen molar-refractivity contribution in [2.75, 3.05) is 0 Å². The summed E-state index contributed by atoms with van der Waals surface area (Å²) < 4.78 is 27.2. The molecule has 1 aromatic heterocycles. The van der Waals surface area contributed by atoms with E-state index in [-0.39, 0.29) is 23.0 Å². The van der Waals surface area contributed by atoms with Crippen LogP contribution in [0.5, 0.6) is 0 Å². The molecule has 3 N–H and O–H groups in total. The number of aromatic amines is 1. The number of imidazole rings is 1. The van der Waals surface area contributed by atoms with Crippen LogP contribution in [0.2, 0.25) is 0 Å². The number of benzene rings is 1. The number of hydrogen-bond acceptors (Lipinski definition) is 3. The SMILES string of the molecule is CC(CCc1nc2cc(F)c(F)cc2[nH]1)[C@H]1CC[C@H]2[C@@H]3[C@@H](O)C[C@@H]4C[C@H](O)CC[C@]4(C)[C@H]3CC[C@]12C. The van der Waals surface area contributed by atoms with Crippen molar-refractivity contribution in [1.82, 2.24) is 9.97 Å². The van der Waals surface area contributed by atoms with Crippen LogP contribution in [-0.2, 0) is 6.42 Å². The van der Waals surface area contributed by atoms with Gasteiger partial charge in [0.2, 0.25) is 0 Å². The Hall–Kier alpha value is -1.53. The zero-order valence-corrected chi connectivity index (χ0v) is 21.9. The fourth-order valence-corrected chi connectivity index (χ4v) is 9.92. The summed E-state index contributed by atoms with van der Waals surface area (Å²) in [6, 6.07) is 2.36. The molecular weight excluding hydrogens is 458 g/mol. The lowest BCUT2D eigenvalue weighted by Gasteiger charge is -2.62. The molecule has 36 heavy (non-hydrogen) atoms. The third-order valence-corrected chi connectivity index (χ3v) is 11.8. The van der Waals surface area contributed by atoms with Crippen LogP contribution in [0.3, 0.4) is 0 Å². The number of hydrogen-bond donors (Lipinski definition) is 3. The van der Waals surface area contributed by atoms with Crippen molar-refractivity contribution in [3.8, 4) is 0 Å². The van der Waals surface area contributed by atoms with E-state index in [2.05, 4.69) is 30.7 Å². The number of H-pyrrole nitrogens is 1. The molecule has 10 atom stereocenters. The summed E-state index contributed by atoms with van der Waals surface area (Å²) in [7, 11) is 0. The first kappa shape index (κ1) is 24.8. The molecule has 1 unspecified atom stereocenters. The molecule has 0 amide bonds. The summed E-state index contributed by atoms with van der Waals surface area (Å²) in [5, 5.41) is 21.8. The molecule has 2 aromatic rings. The number of nitrogens with zero attached hydrogens (tertiary/aromatic N) is 1. The Kier molecular flexibility index (Phi) is 6.03. The van der Waals surface area contributed by atoms with Crippen LogP contribution in [-0.4, -0.2) is 32.4 Å². The lowest BCUT2D eigenvalue weighted by molar-refractivity contribution is -0.174. The van der Waals surface area contributed by atoms with Gasteiger partial charge in [0.05, 0.1) is 23.2 Å². The van der Waals surface area contributed by atoms with Crippen LogP contribution in [0, 0.1) is 58.0 Å². The van der Waals surface area contributed by atoms with E-state index < -0.39 is 11.6 Å². The van der Waals surface area contributed by atoms with E-state index in [0.717, 1.165) is 44.3 Å². The Morgan fingerprint density at radius 2 is 1.72 bits per heavy atom. The van der Waals surface area contributed by atoms with Crippen LogP contribution in [0.1, 0.15) is 84.4 Å². The number of aliphatic hydroxyl groups excluding tert-OH is 2. The molecule has 6 rings (SSSR count). The van der Waals surface area contributed by atoms with E-state index in [1.165, 1.54) is 37.8 Å². The molecule has 6 heteroatoms. The summed E-state index contributed by atoms with van der Waals surface area (Å²) in [6.07, 6.45) is 9.90. The van der Waals surface area contributed by atoms with Crippen LogP contribution >= 0.6 is 0 Å². The summed E-state index contributed by atoms with van der Waals surface area (Å²) in [6.45, 7) is 7.33. The molecule has 0 aliphatic heterocycles. The Labute approximate surface area is 213 Å². The van der Waals surface area contributed by atoms with E-state index >= 15 is 0 Å². The number of halogens is 2. The van der Waals surface area contributed by atoms with Gasteiger partial charge in [-0.1, -0.05) is 20.8 Å². The van der Waals surface area contributed by atoms with Gasteiger partial charge >= 0.3 is 0 Å². The van der Waals surface area contributed by atoms with Gasteiger partial charge in [0.25, 0.3) is 0 Å². The first-order valence-electron chi connectivity index (χ1n) is 14.3. The zero-order chi connectivity index (χ0) is 25.4. The second-order valence-electron chi connectivity index (χ2n) is 13.4. The normalized spacial score (nSPS) is 43.1. The van der Waals surface area contributed by atoms with E-state index in [9.17, 15) is 19.0 Å². The Bertz CT molecular complexity index is 1100. The van der Waals surface area contributed by atoms with Crippen LogP contribution in [0.4, 0.5) is 8.78 Å². The van der Waals surface area contributed by atoms with Crippen LogP contribution < -0.4 is 0 Å². The second-order valence-corrected chi connectivity index (χ2v) is 13.4. The maximum Gasteiger partial charge on any atom is 0.161 e. The molecule has 4 nitrogen and oxygen atoms in total. The van der Waals surface area contributed by atoms with Gasteiger partial charge in [-0.3, -0.25) is 0 Å². The largest absolute Gasteiger partial charge is 0.393 e. The van der Waals surface area contributed by atoms with Gasteiger partial charge in [-0.05, 0) is 104 Å². The third kappa shape index (κ3) is 3.76. The summed E-state index contributed by atoms with van der Waals surface area (Å²) >= 11 is 0. The fraction of sp³-hybridized carbons (Fsp3) is 0.767. The van der Waals surface area contributed by atoms with Gasteiger partial charge in [0.15, 0.2) is 11.6 Å². The molecule has 4 aliphatic rings. The number of rotatable bonds is 4. The Morgan fingerprint density at radius 3 is 2.53 bits per heavy atom. The number of aryl methyl sites for hydroxylation is 1. The van der Waals surface area contributed by atoms with Gasteiger partial charge < -0.3 is 15.2 Å². The van der Waals surface area contributed by atoms with Crippen molar-refractivity contribution in [2.24, 2.45) is 46.3 Å². The van der Waals surface area contributed by atoms with Crippen molar-refractivity contribution < 1.29 is 19.0 Å². The van der Waals surface area contributed by atoms with Gasteiger partial charge in [-0.2, -0.15) is 0 Å². The van der Waals surface area contributed by atoms with Crippen LogP contribution in [0.15, 0.2) is 12.1 Å². The molecular formula is C30H42F2N2O2. The van der Waals surface area contributed by atoms with Gasteiger partial charge in [0.1, 0.15) is 5.82 Å². The predicted molar refractivity (Wildman–Crippen MR) is 136 cm³/mol. The first-order chi connectivity index (χ1) is 17.1. The maximum absolute atomic E-state index is 13.6. The highest BCUT2D eigenvalue weighted by molar-refractivity contribution is 5.75. The minimum absolute atomic E-state index is 0.192. The quantitative estimate of drug-likeness (QED) is 0.455. The molecule has 0 radical (unpaired) electrons. The second kappa shape index (κ2) is 8.76. The van der Waals surface area contributed by atoms with E-state index in [0.29, 0.717) is 46.5 Å². The van der Waals surface area contributed by atoms with Crippen molar-refractivity contribution in [2.45, 2.75) is 97.2 Å². The highest BCUT2D eigenvalue weighted by atomic mass is 19.2. The van der Waals surface area contributed by atoms with Gasteiger partial charge in [-0.25, -0.2) is 13.8 Å². The average Bonchev–Trinajstić information content (AvgIpc) is 3.39. The first-order valence-corrected chi connectivity index (χ1v) is 14.3. The lowest BCUT2D eigenvalue weighted by atomic mass is 9.43. The average molecular weight is 501 g/mol. The topological polar surface area (TPSA) is 69.1 Å². The number of aliphatic hydroxyl groups is 2. The Balaban J connectivity index is 1.17. The summed E-state index contributed by atoms with van der Waals surface area (Å²) in [5.41, 5.74) is 1.54. The van der Waals surface area contributed by atoms with E-state index in [1.807, 2.05) is 0 Å². The molecule has 0 spiro atoms. The predicted octanol–water partition coefficient (Wildman–Crippen LogP) is 6.40. The van der Waals surface area contributed by atoms with Crippen molar-refractivity contribution in [3.63, 3.8) is 0 Å². The highest BCUT2D eigenvalue weighted by Crippen LogP contribution is 2.68. The molecule has 0 bridgehead atoms. The van der Waals surface area contributed by atoms with Gasteiger partial charge in [-0.15, -0.1) is 0 Å². The molecule has 0 saturated heterocycles. The molecule has 4 aliphatic carbocycles. The van der Waals surface area contributed by atoms with E-state index in [4.69, 9.17) is 0 Å². The monoisotopic (exact) mass is 500 g/mol.